The number of nitrogens with zero attached hydrogens (tertiary/aromatic N) is 1. The Kier molecular flexibility index (Phi) is 2.72. The van der Waals surface area contributed by atoms with E-state index in [9.17, 15) is 8.42 Å². The Balaban J connectivity index is 2.05. The number of hydrogen-bond donors (Lipinski definition) is 1. The maximum absolute atomic E-state index is 11.6. The van der Waals surface area contributed by atoms with E-state index in [1.54, 1.807) is 42.7 Å². The van der Waals surface area contributed by atoms with Gasteiger partial charge in [0.05, 0.1) is 17.7 Å². The maximum Gasteiger partial charge on any atom is 0.342 e. The van der Waals surface area contributed by atoms with Gasteiger partial charge in [0.2, 0.25) is 0 Å². The molecule has 0 bridgehead atoms. The van der Waals surface area contributed by atoms with Crippen LogP contribution in [0.1, 0.15) is 11.3 Å². The first kappa shape index (κ1) is 11.7. The minimum Gasteiger partial charge on any atom is -0.465 e. The van der Waals surface area contributed by atoms with Gasteiger partial charge in [-0.15, -0.1) is 4.40 Å². The van der Waals surface area contributed by atoms with Gasteiger partial charge >= 0.3 is 10.2 Å². The second-order valence-electron chi connectivity index (χ2n) is 3.95. The second-order valence-corrected chi connectivity index (χ2v) is 5.28. The normalized spacial score (nSPS) is 16.7. The summed E-state index contributed by atoms with van der Waals surface area (Å²) in [5.74, 6) is 0.635. The highest BCUT2D eigenvalue weighted by atomic mass is 32.2. The molecule has 0 radical (unpaired) electrons. The summed E-state index contributed by atoms with van der Waals surface area (Å²) in [5.41, 5.74) is 1.64. The lowest BCUT2D eigenvalue weighted by Crippen LogP contribution is -2.19. The quantitative estimate of drug-likeness (QED) is 0.914. The van der Waals surface area contributed by atoms with Gasteiger partial charge in [-0.2, -0.15) is 8.42 Å². The van der Waals surface area contributed by atoms with E-state index in [1.165, 1.54) is 0 Å². The molecule has 2 aromatic rings. The smallest absolute Gasteiger partial charge is 0.342 e. The molecule has 1 N–H and O–H groups in total. The van der Waals surface area contributed by atoms with Crippen molar-refractivity contribution in [3.63, 3.8) is 0 Å². The molecule has 0 saturated carbocycles. The summed E-state index contributed by atoms with van der Waals surface area (Å²) in [6.45, 7) is 0. The molecule has 0 unspecified atom stereocenters. The zero-order valence-electron chi connectivity index (χ0n) is 9.78. The lowest BCUT2D eigenvalue weighted by Gasteiger charge is -2.15. The average molecular weight is 274 g/mol. The molecule has 5 nitrogen and oxygen atoms in total. The van der Waals surface area contributed by atoms with Crippen LogP contribution in [0, 0.1) is 0 Å². The fourth-order valence-corrected chi connectivity index (χ4v) is 2.72. The first-order valence-electron chi connectivity index (χ1n) is 5.58. The third-order valence-electron chi connectivity index (χ3n) is 2.61. The van der Waals surface area contributed by atoms with Crippen molar-refractivity contribution in [2.75, 3.05) is 4.72 Å². The molecular weight excluding hydrogens is 264 g/mol. The standard InChI is InChI=1S/C13H10N2O3S/c16-19(17)14-12-6-2-1-5-11(12)13(15-19)8-7-10-4-3-9-18-10/h1-9,14H/b8-7+. The van der Waals surface area contributed by atoms with Crippen LogP contribution in [0.3, 0.4) is 0 Å². The number of allylic oxidation sites excluding steroid dienone is 1. The van der Waals surface area contributed by atoms with Crippen molar-refractivity contribution >= 4 is 27.7 Å². The van der Waals surface area contributed by atoms with Crippen molar-refractivity contribution < 1.29 is 12.8 Å². The van der Waals surface area contributed by atoms with Crippen molar-refractivity contribution in [3.05, 3.63) is 60.1 Å². The van der Waals surface area contributed by atoms with Gasteiger partial charge in [-0.1, -0.05) is 18.2 Å². The highest BCUT2D eigenvalue weighted by molar-refractivity contribution is 7.91. The van der Waals surface area contributed by atoms with Gasteiger partial charge in [0.1, 0.15) is 5.76 Å². The third kappa shape index (κ3) is 2.43. The number of nitrogens with one attached hydrogen (secondary N) is 1. The van der Waals surface area contributed by atoms with Gasteiger partial charge in [0.15, 0.2) is 0 Å². The van der Waals surface area contributed by atoms with Gasteiger partial charge in [0.25, 0.3) is 0 Å². The number of furan rings is 1. The number of benzene rings is 1. The van der Waals surface area contributed by atoms with E-state index < -0.39 is 10.2 Å². The Morgan fingerprint density at radius 2 is 1.95 bits per heavy atom. The number of rotatable bonds is 2. The molecule has 96 valence electrons. The summed E-state index contributed by atoms with van der Waals surface area (Å²) >= 11 is 0. The Hall–Kier alpha value is -2.34. The maximum atomic E-state index is 11.6. The van der Waals surface area contributed by atoms with Crippen molar-refractivity contribution in [3.8, 4) is 0 Å². The van der Waals surface area contributed by atoms with Crippen LogP contribution in [0.4, 0.5) is 5.69 Å². The largest absolute Gasteiger partial charge is 0.465 e. The van der Waals surface area contributed by atoms with Crippen LogP contribution in [-0.2, 0) is 10.2 Å². The summed E-state index contributed by atoms with van der Waals surface area (Å²) in [6, 6.07) is 10.6. The Labute approximate surface area is 110 Å². The van der Waals surface area contributed by atoms with E-state index in [-0.39, 0.29) is 0 Å². The monoisotopic (exact) mass is 274 g/mol. The molecule has 3 rings (SSSR count). The van der Waals surface area contributed by atoms with Gasteiger partial charge in [-0.05, 0) is 30.4 Å². The molecule has 1 aliphatic heterocycles. The van der Waals surface area contributed by atoms with Gasteiger partial charge in [-0.3, -0.25) is 4.72 Å². The molecule has 2 heterocycles. The molecule has 0 saturated heterocycles. The van der Waals surface area contributed by atoms with Crippen LogP contribution in [0.15, 0.2) is 57.6 Å². The van der Waals surface area contributed by atoms with Crippen LogP contribution < -0.4 is 4.72 Å². The van der Waals surface area contributed by atoms with Crippen molar-refractivity contribution in [1.82, 2.24) is 0 Å². The van der Waals surface area contributed by atoms with Crippen LogP contribution >= 0.6 is 0 Å². The van der Waals surface area contributed by atoms with Crippen LogP contribution in [0.25, 0.3) is 6.08 Å². The fraction of sp³-hybridized carbons (Fsp3) is 0. The molecule has 0 aliphatic carbocycles. The summed E-state index contributed by atoms with van der Waals surface area (Å²) < 4.78 is 34.5. The summed E-state index contributed by atoms with van der Waals surface area (Å²) in [7, 11) is -3.68. The molecule has 1 aromatic heterocycles. The molecule has 1 aromatic carbocycles. The molecule has 1 aliphatic rings. The van der Waals surface area contributed by atoms with E-state index >= 15 is 0 Å². The lowest BCUT2D eigenvalue weighted by atomic mass is 10.1. The van der Waals surface area contributed by atoms with E-state index in [0.29, 0.717) is 17.2 Å². The van der Waals surface area contributed by atoms with E-state index in [0.717, 1.165) is 5.56 Å². The predicted octanol–water partition coefficient (Wildman–Crippen LogP) is 2.45. The molecule has 0 spiro atoms. The number of hydrogen-bond acceptors (Lipinski definition) is 3. The molecule has 0 amide bonds. The summed E-state index contributed by atoms with van der Waals surface area (Å²) in [4.78, 5) is 0. The number of fused-ring (bicyclic) bond motifs is 1. The molecule has 6 heteroatoms. The van der Waals surface area contributed by atoms with Gasteiger partial charge in [0, 0.05) is 5.56 Å². The Morgan fingerprint density at radius 1 is 1.11 bits per heavy atom. The summed E-state index contributed by atoms with van der Waals surface area (Å²) in [5, 5.41) is 0. The van der Waals surface area contributed by atoms with Gasteiger partial charge < -0.3 is 4.42 Å². The van der Waals surface area contributed by atoms with Crippen LogP contribution in [0.2, 0.25) is 0 Å². The number of anilines is 1. The van der Waals surface area contributed by atoms with E-state index in [2.05, 4.69) is 9.12 Å². The first-order valence-corrected chi connectivity index (χ1v) is 7.02. The topological polar surface area (TPSA) is 71.7 Å². The third-order valence-corrected chi connectivity index (χ3v) is 3.52. The minimum absolute atomic E-state index is 0.380. The molecule has 0 atom stereocenters. The zero-order valence-corrected chi connectivity index (χ0v) is 10.6. The molecular formula is C13H10N2O3S. The number of para-hydroxylation sites is 1. The fourth-order valence-electron chi connectivity index (χ4n) is 1.80. The molecule has 0 fully saturated rings. The molecule has 19 heavy (non-hydrogen) atoms. The second kappa shape index (κ2) is 4.40. The van der Waals surface area contributed by atoms with Crippen molar-refractivity contribution in [1.29, 1.82) is 0 Å². The zero-order chi connectivity index (χ0) is 13.3. The average Bonchev–Trinajstić information content (AvgIpc) is 2.87. The van der Waals surface area contributed by atoms with Crippen LogP contribution in [-0.4, -0.2) is 14.1 Å². The summed E-state index contributed by atoms with van der Waals surface area (Å²) in [6.07, 6.45) is 4.85. The predicted molar refractivity (Wildman–Crippen MR) is 73.3 cm³/mol. The minimum atomic E-state index is -3.68. The van der Waals surface area contributed by atoms with Crippen LogP contribution in [0.5, 0.6) is 0 Å². The lowest BCUT2D eigenvalue weighted by molar-refractivity contribution is 0.557. The van der Waals surface area contributed by atoms with Gasteiger partial charge in [-0.25, -0.2) is 0 Å². The Morgan fingerprint density at radius 3 is 2.74 bits per heavy atom. The Bertz CT molecular complexity index is 759. The SMILES string of the molecule is O=S1(=O)N=C(/C=C/c2ccco2)c2ccccc2N1. The van der Waals surface area contributed by atoms with Crippen molar-refractivity contribution in [2.45, 2.75) is 0 Å². The van der Waals surface area contributed by atoms with Crippen molar-refractivity contribution in [2.24, 2.45) is 4.40 Å². The van der Waals surface area contributed by atoms with E-state index in [1.807, 2.05) is 12.1 Å². The highest BCUT2D eigenvalue weighted by Gasteiger charge is 2.20. The van der Waals surface area contributed by atoms with E-state index in [4.69, 9.17) is 4.42 Å². The first-order chi connectivity index (χ1) is 9.14. The highest BCUT2D eigenvalue weighted by Crippen LogP contribution is 2.23.